The topological polar surface area (TPSA) is 55.9 Å². The summed E-state index contributed by atoms with van der Waals surface area (Å²) in [5, 5.41) is 7.50. The number of anilines is 3. The third kappa shape index (κ3) is 1.86. The highest BCUT2D eigenvalue weighted by Crippen LogP contribution is 2.24. The summed E-state index contributed by atoms with van der Waals surface area (Å²) < 4.78 is 1.70. The predicted octanol–water partition coefficient (Wildman–Crippen LogP) is 2.36. The summed E-state index contributed by atoms with van der Waals surface area (Å²) >= 11 is 0. The van der Waals surface area contributed by atoms with Crippen LogP contribution in [0.1, 0.15) is 11.1 Å². The SMILES string of the molecule is Cc1cccc(Nc2nn(C)cc2N)c1C. The van der Waals surface area contributed by atoms with Gasteiger partial charge in [-0.05, 0) is 31.0 Å². The molecule has 0 aliphatic carbocycles. The number of hydrogen-bond acceptors (Lipinski definition) is 3. The Morgan fingerprint density at radius 3 is 2.69 bits per heavy atom. The van der Waals surface area contributed by atoms with Crippen molar-refractivity contribution in [2.24, 2.45) is 7.05 Å². The Bertz CT molecular complexity index is 514. The lowest BCUT2D eigenvalue weighted by Gasteiger charge is -2.09. The number of hydrogen-bond donors (Lipinski definition) is 2. The Kier molecular flexibility index (Phi) is 2.56. The second-order valence-electron chi connectivity index (χ2n) is 3.98. The van der Waals surface area contributed by atoms with Gasteiger partial charge in [0.25, 0.3) is 0 Å². The van der Waals surface area contributed by atoms with E-state index in [1.54, 1.807) is 10.9 Å². The fraction of sp³-hybridized carbons (Fsp3) is 0.250. The van der Waals surface area contributed by atoms with Crippen LogP contribution in [0, 0.1) is 13.8 Å². The van der Waals surface area contributed by atoms with Gasteiger partial charge in [-0.15, -0.1) is 0 Å². The molecule has 0 aliphatic heterocycles. The van der Waals surface area contributed by atoms with Crippen molar-refractivity contribution in [3.8, 4) is 0 Å². The standard InChI is InChI=1S/C12H16N4/c1-8-5-4-6-11(9(8)2)14-12-10(13)7-16(3)15-12/h4-7H,13H2,1-3H3,(H,14,15). The molecule has 2 aromatic rings. The maximum absolute atomic E-state index is 5.83. The van der Waals surface area contributed by atoms with Crippen LogP contribution in [0.25, 0.3) is 0 Å². The molecule has 0 saturated carbocycles. The van der Waals surface area contributed by atoms with Crippen LogP contribution in [0.3, 0.4) is 0 Å². The Hall–Kier alpha value is -1.97. The number of aromatic nitrogens is 2. The van der Waals surface area contributed by atoms with Crippen molar-refractivity contribution in [1.82, 2.24) is 9.78 Å². The van der Waals surface area contributed by atoms with Crippen LogP contribution in [0.5, 0.6) is 0 Å². The van der Waals surface area contributed by atoms with Gasteiger partial charge in [-0.2, -0.15) is 5.10 Å². The lowest BCUT2D eigenvalue weighted by atomic mass is 10.1. The van der Waals surface area contributed by atoms with Crippen molar-refractivity contribution >= 4 is 17.2 Å². The Morgan fingerprint density at radius 1 is 1.31 bits per heavy atom. The van der Waals surface area contributed by atoms with Gasteiger partial charge >= 0.3 is 0 Å². The van der Waals surface area contributed by atoms with Gasteiger partial charge in [0, 0.05) is 18.9 Å². The summed E-state index contributed by atoms with van der Waals surface area (Å²) in [6.45, 7) is 4.17. The highest BCUT2D eigenvalue weighted by molar-refractivity contribution is 5.70. The molecule has 16 heavy (non-hydrogen) atoms. The van der Waals surface area contributed by atoms with Gasteiger partial charge in [0.15, 0.2) is 5.82 Å². The first kappa shape index (κ1) is 10.5. The summed E-state index contributed by atoms with van der Waals surface area (Å²) in [6, 6.07) is 6.13. The molecular weight excluding hydrogens is 200 g/mol. The van der Waals surface area contributed by atoms with Gasteiger partial charge in [-0.25, -0.2) is 0 Å². The van der Waals surface area contributed by atoms with Gasteiger partial charge in [-0.1, -0.05) is 12.1 Å². The monoisotopic (exact) mass is 216 g/mol. The molecule has 0 saturated heterocycles. The number of benzene rings is 1. The van der Waals surface area contributed by atoms with Crippen LogP contribution in [0.2, 0.25) is 0 Å². The van der Waals surface area contributed by atoms with Gasteiger partial charge in [0.2, 0.25) is 0 Å². The summed E-state index contributed by atoms with van der Waals surface area (Å²) in [6.07, 6.45) is 1.79. The third-order valence-corrected chi connectivity index (χ3v) is 2.71. The minimum atomic E-state index is 0.656. The van der Waals surface area contributed by atoms with Crippen molar-refractivity contribution in [1.29, 1.82) is 0 Å². The molecule has 1 heterocycles. The van der Waals surface area contributed by atoms with Gasteiger partial charge in [0.05, 0.1) is 5.69 Å². The number of nitrogen functional groups attached to an aromatic ring is 1. The Balaban J connectivity index is 2.34. The van der Waals surface area contributed by atoms with E-state index in [0.29, 0.717) is 11.5 Å². The molecule has 0 spiro atoms. The molecule has 1 aromatic carbocycles. The molecule has 0 radical (unpaired) electrons. The van der Waals surface area contributed by atoms with E-state index in [1.165, 1.54) is 11.1 Å². The van der Waals surface area contributed by atoms with Crippen LogP contribution in [0.4, 0.5) is 17.2 Å². The van der Waals surface area contributed by atoms with Crippen molar-refractivity contribution in [3.05, 3.63) is 35.5 Å². The molecule has 0 fully saturated rings. The van der Waals surface area contributed by atoms with Crippen molar-refractivity contribution in [2.75, 3.05) is 11.1 Å². The molecule has 0 bridgehead atoms. The Labute approximate surface area is 95.1 Å². The highest BCUT2D eigenvalue weighted by atomic mass is 15.3. The summed E-state index contributed by atoms with van der Waals surface area (Å²) in [5.74, 6) is 0.705. The fourth-order valence-electron chi connectivity index (χ4n) is 1.62. The van der Waals surface area contributed by atoms with E-state index in [2.05, 4.69) is 30.3 Å². The first-order valence-electron chi connectivity index (χ1n) is 5.20. The van der Waals surface area contributed by atoms with Gasteiger partial charge < -0.3 is 11.1 Å². The van der Waals surface area contributed by atoms with Crippen LogP contribution in [-0.2, 0) is 7.05 Å². The first-order chi connectivity index (χ1) is 7.58. The van der Waals surface area contributed by atoms with Crippen molar-refractivity contribution in [3.63, 3.8) is 0 Å². The lowest BCUT2D eigenvalue weighted by molar-refractivity contribution is 0.771. The Morgan fingerprint density at radius 2 is 2.06 bits per heavy atom. The predicted molar refractivity (Wildman–Crippen MR) is 66.8 cm³/mol. The number of nitrogens with one attached hydrogen (secondary N) is 1. The zero-order chi connectivity index (χ0) is 11.7. The van der Waals surface area contributed by atoms with Crippen LogP contribution in [-0.4, -0.2) is 9.78 Å². The van der Waals surface area contributed by atoms with E-state index in [4.69, 9.17) is 5.73 Å². The highest BCUT2D eigenvalue weighted by Gasteiger charge is 2.06. The van der Waals surface area contributed by atoms with E-state index in [-0.39, 0.29) is 0 Å². The molecule has 2 rings (SSSR count). The molecule has 4 nitrogen and oxygen atoms in total. The van der Waals surface area contributed by atoms with Crippen molar-refractivity contribution in [2.45, 2.75) is 13.8 Å². The lowest BCUT2D eigenvalue weighted by Crippen LogP contribution is -1.98. The smallest absolute Gasteiger partial charge is 0.175 e. The maximum atomic E-state index is 5.83. The minimum absolute atomic E-state index is 0.656. The average Bonchev–Trinajstić information content (AvgIpc) is 2.53. The number of rotatable bonds is 2. The summed E-state index contributed by atoms with van der Waals surface area (Å²) in [7, 11) is 1.85. The normalized spacial score (nSPS) is 10.4. The van der Waals surface area contributed by atoms with E-state index in [0.717, 1.165) is 5.69 Å². The molecule has 1 aromatic heterocycles. The molecule has 0 amide bonds. The molecule has 0 aliphatic rings. The zero-order valence-corrected chi connectivity index (χ0v) is 9.78. The van der Waals surface area contributed by atoms with E-state index in [1.807, 2.05) is 19.2 Å². The second kappa shape index (κ2) is 3.89. The summed E-state index contributed by atoms with van der Waals surface area (Å²) in [5.41, 5.74) is 10.00. The fourth-order valence-corrected chi connectivity index (χ4v) is 1.62. The van der Waals surface area contributed by atoms with Crippen LogP contribution in [0.15, 0.2) is 24.4 Å². The minimum Gasteiger partial charge on any atom is -0.394 e. The first-order valence-corrected chi connectivity index (χ1v) is 5.20. The number of aryl methyl sites for hydroxylation is 2. The van der Waals surface area contributed by atoms with Crippen molar-refractivity contribution < 1.29 is 0 Å². The molecular formula is C12H16N4. The zero-order valence-electron chi connectivity index (χ0n) is 9.78. The molecule has 3 N–H and O–H groups in total. The number of nitrogens with two attached hydrogens (primary N) is 1. The quantitative estimate of drug-likeness (QED) is 0.810. The van der Waals surface area contributed by atoms with Gasteiger partial charge in [0.1, 0.15) is 0 Å². The van der Waals surface area contributed by atoms with E-state index >= 15 is 0 Å². The van der Waals surface area contributed by atoms with E-state index in [9.17, 15) is 0 Å². The third-order valence-electron chi connectivity index (χ3n) is 2.71. The number of nitrogens with zero attached hydrogens (tertiary/aromatic N) is 2. The van der Waals surface area contributed by atoms with Crippen LogP contribution >= 0.6 is 0 Å². The summed E-state index contributed by atoms with van der Waals surface area (Å²) in [4.78, 5) is 0. The molecule has 84 valence electrons. The van der Waals surface area contributed by atoms with Gasteiger partial charge in [-0.3, -0.25) is 4.68 Å². The average molecular weight is 216 g/mol. The second-order valence-corrected chi connectivity index (χ2v) is 3.98. The largest absolute Gasteiger partial charge is 0.394 e. The molecule has 0 unspecified atom stereocenters. The molecule has 4 heteroatoms. The van der Waals surface area contributed by atoms with Crippen LogP contribution < -0.4 is 11.1 Å². The molecule has 0 atom stereocenters. The van der Waals surface area contributed by atoms with E-state index < -0.39 is 0 Å². The maximum Gasteiger partial charge on any atom is 0.175 e.